The number of hydrogen-bond donors (Lipinski definition) is 1. The normalized spacial score (nSPS) is 20.8. The smallest absolute Gasteiger partial charge is 0.310 e. The molecule has 18 heavy (non-hydrogen) atoms. The van der Waals surface area contributed by atoms with Gasteiger partial charge in [0.15, 0.2) is 0 Å². The van der Waals surface area contributed by atoms with Crippen molar-refractivity contribution in [2.75, 3.05) is 19.8 Å². The summed E-state index contributed by atoms with van der Waals surface area (Å²) in [6.07, 6.45) is 1.03. The number of hydrogen-bond acceptors (Lipinski definition) is 3. The standard InChI is InChI=1S/C13H23NO4/c1-4-13(5-2,12(16)17)8-11(15)14-6-7-18-9-10(14)3/h10H,4-9H2,1-3H3,(H,16,17)/t10-/m1/s1. The van der Waals surface area contributed by atoms with Crippen molar-refractivity contribution < 1.29 is 19.4 Å². The molecule has 0 aromatic carbocycles. The summed E-state index contributed by atoms with van der Waals surface area (Å²) in [5.74, 6) is -0.946. The van der Waals surface area contributed by atoms with E-state index < -0.39 is 11.4 Å². The summed E-state index contributed by atoms with van der Waals surface area (Å²) in [7, 11) is 0. The molecule has 0 spiro atoms. The maximum atomic E-state index is 12.3. The third-order valence-electron chi connectivity index (χ3n) is 3.98. The summed E-state index contributed by atoms with van der Waals surface area (Å²) in [5.41, 5.74) is -0.922. The minimum atomic E-state index is -0.922. The van der Waals surface area contributed by atoms with Crippen molar-refractivity contribution in [2.45, 2.75) is 46.1 Å². The van der Waals surface area contributed by atoms with Gasteiger partial charge in [-0.25, -0.2) is 0 Å². The van der Waals surface area contributed by atoms with E-state index in [4.69, 9.17) is 4.74 Å². The van der Waals surface area contributed by atoms with Crippen molar-refractivity contribution in [1.82, 2.24) is 4.90 Å². The second-order valence-electron chi connectivity index (χ2n) is 4.98. The Morgan fingerprint density at radius 3 is 2.44 bits per heavy atom. The molecule has 1 atom stereocenters. The number of aliphatic carboxylic acids is 1. The van der Waals surface area contributed by atoms with Crippen molar-refractivity contribution in [2.24, 2.45) is 5.41 Å². The predicted octanol–water partition coefficient (Wildman–Crippen LogP) is 1.51. The lowest BCUT2D eigenvalue weighted by molar-refractivity contribution is -0.156. The monoisotopic (exact) mass is 257 g/mol. The number of nitrogens with zero attached hydrogens (tertiary/aromatic N) is 1. The highest BCUT2D eigenvalue weighted by atomic mass is 16.5. The van der Waals surface area contributed by atoms with Crippen LogP contribution in [0.15, 0.2) is 0 Å². The fourth-order valence-electron chi connectivity index (χ4n) is 2.37. The Labute approximate surface area is 108 Å². The van der Waals surface area contributed by atoms with Crippen LogP contribution >= 0.6 is 0 Å². The molecule has 0 aromatic rings. The Balaban J connectivity index is 2.75. The highest BCUT2D eigenvalue weighted by Crippen LogP contribution is 2.32. The first kappa shape index (κ1) is 15.0. The van der Waals surface area contributed by atoms with Crippen LogP contribution in [0.25, 0.3) is 0 Å². The SMILES string of the molecule is CCC(CC)(CC(=O)N1CCOC[C@H]1C)C(=O)O. The van der Waals surface area contributed by atoms with E-state index in [0.29, 0.717) is 32.6 Å². The molecule has 1 saturated heterocycles. The average molecular weight is 257 g/mol. The summed E-state index contributed by atoms with van der Waals surface area (Å²) in [6, 6.07) is 0.0338. The Morgan fingerprint density at radius 1 is 1.39 bits per heavy atom. The Hall–Kier alpha value is -1.10. The Kier molecular flexibility index (Phi) is 5.14. The van der Waals surface area contributed by atoms with Crippen molar-refractivity contribution in [3.05, 3.63) is 0 Å². The van der Waals surface area contributed by atoms with Gasteiger partial charge in [0.1, 0.15) is 0 Å². The van der Waals surface area contributed by atoms with Crippen LogP contribution < -0.4 is 0 Å². The lowest BCUT2D eigenvalue weighted by Gasteiger charge is -2.36. The van der Waals surface area contributed by atoms with Gasteiger partial charge in [0.25, 0.3) is 0 Å². The molecular formula is C13H23NO4. The van der Waals surface area contributed by atoms with E-state index in [2.05, 4.69) is 0 Å². The maximum Gasteiger partial charge on any atom is 0.310 e. The van der Waals surface area contributed by atoms with Gasteiger partial charge >= 0.3 is 5.97 Å². The number of amides is 1. The third kappa shape index (κ3) is 3.02. The Bertz CT molecular complexity index is 312. The van der Waals surface area contributed by atoms with Gasteiger partial charge in [0.05, 0.1) is 24.7 Å². The van der Waals surface area contributed by atoms with E-state index >= 15 is 0 Å². The molecule has 1 amide bonds. The quantitative estimate of drug-likeness (QED) is 0.810. The number of carbonyl (C=O) groups excluding carboxylic acids is 1. The van der Waals surface area contributed by atoms with E-state index in [1.807, 2.05) is 20.8 Å². The highest BCUT2D eigenvalue weighted by Gasteiger charge is 2.39. The van der Waals surface area contributed by atoms with Crippen LogP contribution in [0.3, 0.4) is 0 Å². The zero-order valence-corrected chi connectivity index (χ0v) is 11.4. The minimum Gasteiger partial charge on any atom is -0.481 e. The van der Waals surface area contributed by atoms with Crippen LogP contribution in [0.5, 0.6) is 0 Å². The van der Waals surface area contributed by atoms with Gasteiger partial charge in [-0.15, -0.1) is 0 Å². The molecule has 5 nitrogen and oxygen atoms in total. The molecule has 1 rings (SSSR count). The zero-order valence-electron chi connectivity index (χ0n) is 11.4. The summed E-state index contributed by atoms with van der Waals surface area (Å²) >= 11 is 0. The lowest BCUT2D eigenvalue weighted by Crippen LogP contribution is -2.49. The highest BCUT2D eigenvalue weighted by molar-refractivity contribution is 5.85. The number of carbonyl (C=O) groups is 2. The van der Waals surface area contributed by atoms with Crippen molar-refractivity contribution in [3.8, 4) is 0 Å². The van der Waals surface area contributed by atoms with Crippen LogP contribution in [0.2, 0.25) is 0 Å². The molecule has 1 aliphatic heterocycles. The molecule has 0 aliphatic carbocycles. The fraction of sp³-hybridized carbons (Fsp3) is 0.846. The van der Waals surface area contributed by atoms with Crippen LogP contribution in [-0.4, -0.2) is 47.7 Å². The molecule has 0 saturated carbocycles. The number of morpholine rings is 1. The number of ether oxygens (including phenoxy) is 1. The first-order valence-corrected chi connectivity index (χ1v) is 6.57. The molecule has 1 aliphatic rings. The molecule has 1 heterocycles. The molecule has 0 radical (unpaired) electrons. The van der Waals surface area contributed by atoms with Gasteiger partial charge in [0, 0.05) is 13.0 Å². The third-order valence-corrected chi connectivity index (χ3v) is 3.98. The van der Waals surface area contributed by atoms with Gasteiger partial charge in [0.2, 0.25) is 5.91 Å². The zero-order chi connectivity index (χ0) is 13.8. The first-order valence-electron chi connectivity index (χ1n) is 6.57. The molecule has 0 unspecified atom stereocenters. The Morgan fingerprint density at radius 2 is 2.00 bits per heavy atom. The van der Waals surface area contributed by atoms with Gasteiger partial charge in [-0.2, -0.15) is 0 Å². The molecule has 1 N–H and O–H groups in total. The van der Waals surface area contributed by atoms with Crippen molar-refractivity contribution >= 4 is 11.9 Å². The summed E-state index contributed by atoms with van der Waals surface area (Å²) in [5, 5.41) is 9.34. The number of carboxylic acids is 1. The van der Waals surface area contributed by atoms with Crippen molar-refractivity contribution in [3.63, 3.8) is 0 Å². The topological polar surface area (TPSA) is 66.8 Å². The molecule has 0 bridgehead atoms. The summed E-state index contributed by atoms with van der Waals surface area (Å²) < 4.78 is 5.28. The van der Waals surface area contributed by atoms with E-state index in [-0.39, 0.29) is 18.4 Å². The van der Waals surface area contributed by atoms with Crippen molar-refractivity contribution in [1.29, 1.82) is 0 Å². The van der Waals surface area contributed by atoms with Crippen LogP contribution in [-0.2, 0) is 14.3 Å². The molecule has 104 valence electrons. The van der Waals surface area contributed by atoms with E-state index in [0.717, 1.165) is 0 Å². The fourth-order valence-corrected chi connectivity index (χ4v) is 2.37. The van der Waals surface area contributed by atoms with Crippen LogP contribution in [0, 0.1) is 5.41 Å². The second-order valence-corrected chi connectivity index (χ2v) is 4.98. The van der Waals surface area contributed by atoms with E-state index in [9.17, 15) is 14.7 Å². The molecule has 1 fully saturated rings. The molecule has 0 aromatic heterocycles. The van der Waals surface area contributed by atoms with E-state index in [1.54, 1.807) is 4.90 Å². The molecule has 5 heteroatoms. The average Bonchev–Trinajstić information content (AvgIpc) is 2.36. The summed E-state index contributed by atoms with van der Waals surface area (Å²) in [6.45, 7) is 7.21. The van der Waals surface area contributed by atoms with Crippen LogP contribution in [0.1, 0.15) is 40.0 Å². The van der Waals surface area contributed by atoms with Gasteiger partial charge < -0.3 is 14.7 Å². The van der Waals surface area contributed by atoms with E-state index in [1.165, 1.54) is 0 Å². The van der Waals surface area contributed by atoms with Crippen LogP contribution in [0.4, 0.5) is 0 Å². The van der Waals surface area contributed by atoms with Gasteiger partial charge in [-0.1, -0.05) is 13.8 Å². The maximum absolute atomic E-state index is 12.3. The lowest BCUT2D eigenvalue weighted by atomic mass is 9.79. The largest absolute Gasteiger partial charge is 0.481 e. The minimum absolute atomic E-state index is 0.0338. The number of carboxylic acid groups (broad SMARTS) is 1. The van der Waals surface area contributed by atoms with Gasteiger partial charge in [-0.05, 0) is 19.8 Å². The number of rotatable bonds is 5. The van der Waals surface area contributed by atoms with Gasteiger partial charge in [-0.3, -0.25) is 9.59 Å². The predicted molar refractivity (Wildman–Crippen MR) is 67.3 cm³/mol. The molecular weight excluding hydrogens is 234 g/mol. The second kappa shape index (κ2) is 6.18. The first-order chi connectivity index (χ1) is 8.46. The summed E-state index contributed by atoms with van der Waals surface area (Å²) in [4.78, 5) is 25.4.